The molecular weight excluding hydrogens is 543 g/mol. The third-order valence-corrected chi connectivity index (χ3v) is 6.09. The lowest BCUT2D eigenvalue weighted by molar-refractivity contribution is -0.118. The van der Waals surface area contributed by atoms with E-state index in [1.807, 2.05) is 12.1 Å². The average Bonchev–Trinajstić information content (AvgIpc) is 2.81. The molecule has 0 saturated carbocycles. The van der Waals surface area contributed by atoms with Crippen LogP contribution in [0, 0.1) is 35.4 Å². The van der Waals surface area contributed by atoms with Crippen molar-refractivity contribution in [1.82, 2.24) is 0 Å². The van der Waals surface area contributed by atoms with Gasteiger partial charge in [0, 0.05) is 5.69 Å². The number of carbonyl (C=O) groups excluding carboxylic acids is 1. The molecule has 3 rings (SSSR count). The van der Waals surface area contributed by atoms with E-state index in [4.69, 9.17) is 25.1 Å². The number of nitrogens with two attached hydrogens (primary N) is 1. The third-order valence-electron chi connectivity index (χ3n) is 4.56. The van der Waals surface area contributed by atoms with Crippen LogP contribution in [0.2, 0.25) is 0 Å². The molecule has 35 heavy (non-hydrogen) atoms. The van der Waals surface area contributed by atoms with E-state index >= 15 is 4.39 Å². The van der Waals surface area contributed by atoms with Crippen molar-refractivity contribution >= 4 is 37.5 Å². The molecule has 0 heterocycles. The van der Waals surface area contributed by atoms with Crippen LogP contribution in [0.1, 0.15) is 16.7 Å². The second-order valence-electron chi connectivity index (χ2n) is 7.12. The SMILES string of the molecule is Cc1cc(S(N)(=O)=O)ccc1NC(=O)COc1ccc(Br)c(Oc2cc(C#N)cc(C#N)c2)c1F. The molecule has 1 amide bonds. The Morgan fingerprint density at radius 2 is 1.77 bits per heavy atom. The first-order valence-electron chi connectivity index (χ1n) is 9.69. The van der Waals surface area contributed by atoms with Crippen LogP contribution >= 0.6 is 15.9 Å². The molecule has 0 aliphatic heterocycles. The number of halogens is 2. The van der Waals surface area contributed by atoms with Crippen LogP contribution in [0.15, 0.2) is 57.9 Å². The first-order chi connectivity index (χ1) is 16.5. The van der Waals surface area contributed by atoms with Crippen molar-refractivity contribution in [3.63, 3.8) is 0 Å². The normalized spacial score (nSPS) is 10.7. The maximum Gasteiger partial charge on any atom is 0.262 e. The summed E-state index contributed by atoms with van der Waals surface area (Å²) in [7, 11) is -3.89. The summed E-state index contributed by atoms with van der Waals surface area (Å²) in [4.78, 5) is 12.2. The van der Waals surface area contributed by atoms with Crippen LogP contribution < -0.4 is 19.9 Å². The number of sulfonamides is 1. The lowest BCUT2D eigenvalue weighted by atomic mass is 10.1. The van der Waals surface area contributed by atoms with E-state index < -0.39 is 28.4 Å². The number of aryl methyl sites for hydroxylation is 1. The monoisotopic (exact) mass is 558 g/mol. The van der Waals surface area contributed by atoms with Crippen molar-refractivity contribution in [2.24, 2.45) is 5.14 Å². The van der Waals surface area contributed by atoms with Gasteiger partial charge in [0.2, 0.25) is 15.8 Å². The summed E-state index contributed by atoms with van der Waals surface area (Å²) in [5, 5.41) is 25.9. The van der Waals surface area contributed by atoms with Gasteiger partial charge in [-0.05, 0) is 76.9 Å². The molecular formula is C23H16BrFN4O5S. The second-order valence-corrected chi connectivity index (χ2v) is 9.53. The smallest absolute Gasteiger partial charge is 0.262 e. The molecule has 9 nitrogen and oxygen atoms in total. The van der Waals surface area contributed by atoms with Gasteiger partial charge in [0.05, 0.1) is 32.6 Å². The average molecular weight is 559 g/mol. The van der Waals surface area contributed by atoms with Gasteiger partial charge in [0.15, 0.2) is 18.1 Å². The van der Waals surface area contributed by atoms with Gasteiger partial charge >= 0.3 is 0 Å². The van der Waals surface area contributed by atoms with E-state index in [0.717, 1.165) is 0 Å². The Morgan fingerprint density at radius 1 is 1.11 bits per heavy atom. The number of carbonyl (C=O) groups is 1. The van der Waals surface area contributed by atoms with Gasteiger partial charge < -0.3 is 14.8 Å². The molecule has 0 fully saturated rings. The Morgan fingerprint density at radius 3 is 2.34 bits per heavy atom. The van der Waals surface area contributed by atoms with Gasteiger partial charge in [-0.15, -0.1) is 0 Å². The van der Waals surface area contributed by atoms with Crippen LogP contribution in [0.3, 0.4) is 0 Å². The number of hydrogen-bond donors (Lipinski definition) is 2. The zero-order valence-electron chi connectivity index (χ0n) is 18.0. The Kier molecular flexibility index (Phi) is 7.71. The van der Waals surface area contributed by atoms with Crippen molar-refractivity contribution in [3.8, 4) is 29.4 Å². The number of ether oxygens (including phenoxy) is 2. The second kappa shape index (κ2) is 10.5. The number of rotatable bonds is 7. The van der Waals surface area contributed by atoms with Gasteiger partial charge in [-0.1, -0.05) is 0 Å². The maximum absolute atomic E-state index is 15.1. The first-order valence-corrected chi connectivity index (χ1v) is 12.0. The minimum Gasteiger partial charge on any atom is -0.481 e. The topological polar surface area (TPSA) is 155 Å². The summed E-state index contributed by atoms with van der Waals surface area (Å²) in [6, 6.07) is 14.5. The van der Waals surface area contributed by atoms with E-state index in [0.29, 0.717) is 11.3 Å². The number of benzene rings is 3. The van der Waals surface area contributed by atoms with E-state index in [1.165, 1.54) is 48.5 Å². The zero-order chi connectivity index (χ0) is 25.8. The quantitative estimate of drug-likeness (QED) is 0.442. The van der Waals surface area contributed by atoms with Gasteiger partial charge in [0.25, 0.3) is 5.91 Å². The van der Waals surface area contributed by atoms with E-state index in [2.05, 4.69) is 21.2 Å². The van der Waals surface area contributed by atoms with E-state index in [1.54, 1.807) is 6.92 Å². The fraction of sp³-hybridized carbons (Fsp3) is 0.0870. The third kappa shape index (κ3) is 6.33. The van der Waals surface area contributed by atoms with E-state index in [-0.39, 0.29) is 37.7 Å². The number of nitrogens with one attached hydrogen (secondary N) is 1. The molecule has 0 aromatic heterocycles. The van der Waals surface area contributed by atoms with Crippen LogP contribution in [-0.2, 0) is 14.8 Å². The minimum atomic E-state index is -3.89. The molecule has 0 spiro atoms. The first kappa shape index (κ1) is 25.6. The summed E-state index contributed by atoms with van der Waals surface area (Å²) in [5.41, 5.74) is 1.10. The summed E-state index contributed by atoms with van der Waals surface area (Å²) in [6.07, 6.45) is 0. The van der Waals surface area contributed by atoms with Gasteiger partial charge in [-0.25, -0.2) is 13.6 Å². The number of amides is 1. The standard InChI is InChI=1S/C23H16BrFN4O5S/c1-13-6-17(35(28,31)32)2-4-19(13)29-21(30)12-33-20-5-3-18(24)23(22(20)25)34-16-8-14(10-26)7-15(9-16)11-27/h2-9H,12H2,1H3,(H,29,30)(H2,28,31,32). The Labute approximate surface area is 208 Å². The Hall–Kier alpha value is -3.97. The molecule has 0 unspecified atom stereocenters. The number of primary sulfonamides is 1. The van der Waals surface area contributed by atoms with Gasteiger partial charge in [-0.2, -0.15) is 14.9 Å². The number of hydrogen-bond acceptors (Lipinski definition) is 7. The van der Waals surface area contributed by atoms with Crippen LogP contribution in [-0.4, -0.2) is 20.9 Å². The lowest BCUT2D eigenvalue weighted by Crippen LogP contribution is -2.21. The van der Waals surface area contributed by atoms with Crippen molar-refractivity contribution in [2.45, 2.75) is 11.8 Å². The molecule has 0 radical (unpaired) electrons. The Balaban J connectivity index is 1.75. The molecule has 0 aliphatic rings. The van der Waals surface area contributed by atoms with Crippen molar-refractivity contribution in [2.75, 3.05) is 11.9 Å². The van der Waals surface area contributed by atoms with Gasteiger partial charge in [0.1, 0.15) is 5.75 Å². The highest BCUT2D eigenvalue weighted by Crippen LogP contribution is 2.37. The molecule has 3 aromatic carbocycles. The highest BCUT2D eigenvalue weighted by molar-refractivity contribution is 9.10. The fourth-order valence-corrected chi connectivity index (χ4v) is 3.89. The van der Waals surface area contributed by atoms with Crippen LogP contribution in [0.5, 0.6) is 17.2 Å². The molecule has 12 heteroatoms. The van der Waals surface area contributed by atoms with Crippen molar-refractivity contribution in [1.29, 1.82) is 10.5 Å². The summed E-state index contributed by atoms with van der Waals surface area (Å²) in [5.74, 6) is -2.02. The predicted octanol–water partition coefficient (Wildman–Crippen LogP) is 4.10. The predicted molar refractivity (Wildman–Crippen MR) is 127 cm³/mol. The van der Waals surface area contributed by atoms with Crippen molar-refractivity contribution in [3.05, 3.63) is 75.5 Å². The number of anilines is 1. The fourth-order valence-electron chi connectivity index (χ4n) is 2.91. The van der Waals surface area contributed by atoms with E-state index in [9.17, 15) is 13.2 Å². The summed E-state index contributed by atoms with van der Waals surface area (Å²) < 4.78 is 49.0. The summed E-state index contributed by atoms with van der Waals surface area (Å²) in [6.45, 7) is 1.03. The molecule has 0 atom stereocenters. The van der Waals surface area contributed by atoms with Gasteiger partial charge in [-0.3, -0.25) is 4.79 Å². The molecule has 0 saturated heterocycles. The number of nitrogens with zero attached hydrogens (tertiary/aromatic N) is 2. The molecule has 0 bridgehead atoms. The molecule has 3 N–H and O–H groups in total. The highest BCUT2D eigenvalue weighted by atomic mass is 79.9. The molecule has 0 aliphatic carbocycles. The minimum absolute atomic E-state index is 0.0634. The Bertz CT molecular complexity index is 1480. The molecule has 178 valence electrons. The maximum atomic E-state index is 15.1. The largest absolute Gasteiger partial charge is 0.481 e. The van der Waals surface area contributed by atoms with Crippen molar-refractivity contribution < 1.29 is 27.1 Å². The van der Waals surface area contributed by atoms with Crippen LogP contribution in [0.25, 0.3) is 0 Å². The lowest BCUT2D eigenvalue weighted by Gasteiger charge is -2.14. The zero-order valence-corrected chi connectivity index (χ0v) is 20.4. The summed E-state index contributed by atoms with van der Waals surface area (Å²) >= 11 is 3.18. The number of nitriles is 2. The highest BCUT2D eigenvalue weighted by Gasteiger charge is 2.18. The van der Waals surface area contributed by atoms with Crippen LogP contribution in [0.4, 0.5) is 10.1 Å². The molecule has 3 aromatic rings.